The molecule has 1 atom stereocenters. The lowest BCUT2D eigenvalue weighted by molar-refractivity contribution is -0.0507. The number of rotatable bonds is 7. The molecule has 0 saturated heterocycles. The number of aryl methyl sites for hydroxylation is 2. The van der Waals surface area contributed by atoms with E-state index in [9.17, 15) is 13.6 Å². The highest BCUT2D eigenvalue weighted by Crippen LogP contribution is 2.26. The first kappa shape index (κ1) is 21.6. The van der Waals surface area contributed by atoms with E-state index in [0.29, 0.717) is 29.2 Å². The minimum Gasteiger partial charge on any atom is -0.434 e. The quantitative estimate of drug-likeness (QED) is 0.791. The van der Waals surface area contributed by atoms with Gasteiger partial charge in [0.05, 0.1) is 0 Å². The fourth-order valence-corrected chi connectivity index (χ4v) is 2.41. The highest BCUT2D eigenvalue weighted by Gasteiger charge is 2.17. The molecule has 0 bridgehead atoms. The summed E-state index contributed by atoms with van der Waals surface area (Å²) in [4.78, 5) is 12.3. The third kappa shape index (κ3) is 6.71. The van der Waals surface area contributed by atoms with Gasteiger partial charge in [0.15, 0.2) is 0 Å². The molecule has 4 nitrogen and oxygen atoms in total. The third-order valence-corrected chi connectivity index (χ3v) is 3.31. The Balaban J connectivity index is 0.00000484. The molecule has 1 aromatic carbocycles. The number of carbonyl (C=O) groups is 1. The summed E-state index contributed by atoms with van der Waals surface area (Å²) in [6, 6.07) is 2.98. The van der Waals surface area contributed by atoms with Crippen molar-refractivity contribution in [2.45, 2.75) is 46.8 Å². The van der Waals surface area contributed by atoms with Crippen molar-refractivity contribution in [3.63, 3.8) is 0 Å². The average Bonchev–Trinajstić information content (AvgIpc) is 2.40. The van der Waals surface area contributed by atoms with Crippen LogP contribution in [-0.2, 0) is 0 Å². The van der Waals surface area contributed by atoms with E-state index in [-0.39, 0.29) is 30.1 Å². The molecule has 0 fully saturated rings. The normalized spacial score (nSPS) is 12.0. The number of nitrogens with two attached hydrogens (primary N) is 1. The first-order chi connectivity index (χ1) is 10.2. The summed E-state index contributed by atoms with van der Waals surface area (Å²) in [5.41, 5.74) is 7.08. The molecular weight excluding hydrogens is 326 g/mol. The van der Waals surface area contributed by atoms with Gasteiger partial charge in [-0.25, -0.2) is 0 Å². The number of carbonyl (C=O) groups excluding carboxylic acids is 1. The van der Waals surface area contributed by atoms with Crippen LogP contribution in [0.2, 0.25) is 0 Å². The molecule has 132 valence electrons. The molecule has 0 radical (unpaired) electrons. The van der Waals surface area contributed by atoms with Crippen molar-refractivity contribution >= 4 is 18.3 Å². The van der Waals surface area contributed by atoms with Gasteiger partial charge < -0.3 is 15.8 Å². The lowest BCUT2D eigenvalue weighted by Crippen LogP contribution is -2.41. The molecule has 1 amide bonds. The van der Waals surface area contributed by atoms with Gasteiger partial charge >= 0.3 is 6.61 Å². The van der Waals surface area contributed by atoms with Gasteiger partial charge in [0, 0.05) is 18.2 Å². The molecule has 1 unspecified atom stereocenters. The van der Waals surface area contributed by atoms with Crippen LogP contribution >= 0.6 is 12.4 Å². The van der Waals surface area contributed by atoms with E-state index in [1.165, 1.54) is 0 Å². The number of hydrogen-bond acceptors (Lipinski definition) is 3. The van der Waals surface area contributed by atoms with E-state index >= 15 is 0 Å². The summed E-state index contributed by atoms with van der Waals surface area (Å²) in [6.07, 6.45) is 0.785. The van der Waals surface area contributed by atoms with Crippen LogP contribution in [0.4, 0.5) is 8.78 Å². The van der Waals surface area contributed by atoms with Crippen molar-refractivity contribution in [3.8, 4) is 5.75 Å². The van der Waals surface area contributed by atoms with Crippen LogP contribution < -0.4 is 15.8 Å². The van der Waals surface area contributed by atoms with E-state index in [1.807, 2.05) is 0 Å². The summed E-state index contributed by atoms with van der Waals surface area (Å²) in [5.74, 6) is 0.272. The van der Waals surface area contributed by atoms with Crippen molar-refractivity contribution in [2.75, 3.05) is 6.54 Å². The highest BCUT2D eigenvalue weighted by molar-refractivity contribution is 5.95. The van der Waals surface area contributed by atoms with Crippen molar-refractivity contribution < 1.29 is 18.3 Å². The van der Waals surface area contributed by atoms with Gasteiger partial charge in [0.25, 0.3) is 5.91 Å². The fraction of sp³-hybridized carbons (Fsp3) is 0.562. The Morgan fingerprint density at radius 1 is 1.26 bits per heavy atom. The largest absolute Gasteiger partial charge is 0.434 e. The Labute approximate surface area is 142 Å². The van der Waals surface area contributed by atoms with Gasteiger partial charge in [0.1, 0.15) is 5.75 Å². The number of amides is 1. The predicted molar refractivity (Wildman–Crippen MR) is 89.6 cm³/mol. The molecule has 0 spiro atoms. The number of nitrogens with one attached hydrogen (secondary N) is 1. The topological polar surface area (TPSA) is 64.4 Å². The first-order valence-electron chi connectivity index (χ1n) is 7.31. The van der Waals surface area contributed by atoms with Crippen molar-refractivity contribution in [1.29, 1.82) is 0 Å². The minimum absolute atomic E-state index is 0. The standard InChI is InChI=1S/C16H24F2N2O2.ClH/c1-9(2)5-13(8-19)20-15(21)12-6-10(3)14(11(4)7-12)22-16(17)18;/h6-7,9,13,16H,5,8,19H2,1-4H3,(H,20,21);1H. The van der Waals surface area contributed by atoms with E-state index in [0.717, 1.165) is 6.42 Å². The Hall–Kier alpha value is -1.40. The van der Waals surface area contributed by atoms with Crippen LogP contribution in [0.25, 0.3) is 0 Å². The van der Waals surface area contributed by atoms with E-state index < -0.39 is 6.61 Å². The Bertz CT molecular complexity index is 502. The molecule has 0 aliphatic carbocycles. The second-order valence-electron chi connectivity index (χ2n) is 5.85. The zero-order chi connectivity index (χ0) is 16.9. The van der Waals surface area contributed by atoms with Crippen LogP contribution in [0.5, 0.6) is 5.75 Å². The van der Waals surface area contributed by atoms with E-state index in [2.05, 4.69) is 23.9 Å². The fourth-order valence-electron chi connectivity index (χ4n) is 2.41. The zero-order valence-corrected chi connectivity index (χ0v) is 14.7. The summed E-state index contributed by atoms with van der Waals surface area (Å²) >= 11 is 0. The monoisotopic (exact) mass is 350 g/mol. The second-order valence-corrected chi connectivity index (χ2v) is 5.85. The number of alkyl halides is 2. The molecule has 23 heavy (non-hydrogen) atoms. The van der Waals surface area contributed by atoms with Crippen molar-refractivity contribution in [3.05, 3.63) is 28.8 Å². The Kier molecular flexibility index (Phi) is 9.09. The molecule has 0 aromatic heterocycles. The number of ether oxygens (including phenoxy) is 1. The predicted octanol–water partition coefficient (Wildman–Crippen LogP) is 3.43. The lowest BCUT2D eigenvalue weighted by Gasteiger charge is -2.19. The lowest BCUT2D eigenvalue weighted by atomic mass is 10.0. The van der Waals surface area contributed by atoms with Gasteiger partial charge in [-0.15, -0.1) is 12.4 Å². The SMILES string of the molecule is Cc1cc(C(=O)NC(CN)CC(C)C)cc(C)c1OC(F)F.Cl. The molecule has 0 saturated carbocycles. The van der Waals surface area contributed by atoms with Crippen molar-refractivity contribution in [2.24, 2.45) is 11.7 Å². The molecule has 1 rings (SSSR count). The summed E-state index contributed by atoms with van der Waals surface area (Å²) in [5, 5.41) is 2.88. The highest BCUT2D eigenvalue weighted by atomic mass is 35.5. The van der Waals surface area contributed by atoms with Crippen LogP contribution in [0.1, 0.15) is 41.8 Å². The summed E-state index contributed by atoms with van der Waals surface area (Å²) in [7, 11) is 0. The number of benzene rings is 1. The van der Waals surface area contributed by atoms with Gasteiger partial charge in [-0.3, -0.25) is 4.79 Å². The number of hydrogen-bond donors (Lipinski definition) is 2. The third-order valence-electron chi connectivity index (χ3n) is 3.31. The summed E-state index contributed by atoms with van der Waals surface area (Å²) in [6.45, 7) is 4.85. The van der Waals surface area contributed by atoms with Gasteiger partial charge in [0.2, 0.25) is 0 Å². The maximum absolute atomic E-state index is 12.4. The van der Waals surface area contributed by atoms with E-state index in [1.54, 1.807) is 26.0 Å². The van der Waals surface area contributed by atoms with Crippen LogP contribution in [0.15, 0.2) is 12.1 Å². The van der Waals surface area contributed by atoms with Crippen LogP contribution in [0.3, 0.4) is 0 Å². The molecule has 0 aliphatic rings. The maximum Gasteiger partial charge on any atom is 0.387 e. The molecule has 1 aromatic rings. The van der Waals surface area contributed by atoms with Crippen molar-refractivity contribution in [1.82, 2.24) is 5.32 Å². The Morgan fingerprint density at radius 3 is 2.17 bits per heavy atom. The first-order valence-corrected chi connectivity index (χ1v) is 7.31. The maximum atomic E-state index is 12.4. The molecule has 7 heteroatoms. The molecule has 3 N–H and O–H groups in total. The minimum atomic E-state index is -2.88. The average molecular weight is 351 g/mol. The van der Waals surface area contributed by atoms with Crippen LogP contribution in [0, 0.1) is 19.8 Å². The van der Waals surface area contributed by atoms with E-state index in [4.69, 9.17) is 5.73 Å². The molecule has 0 aliphatic heterocycles. The smallest absolute Gasteiger partial charge is 0.387 e. The van der Waals surface area contributed by atoms with Gasteiger partial charge in [-0.05, 0) is 49.4 Å². The summed E-state index contributed by atoms with van der Waals surface area (Å²) < 4.78 is 29.2. The second kappa shape index (κ2) is 9.67. The van der Waals surface area contributed by atoms with Crippen LogP contribution in [-0.4, -0.2) is 25.1 Å². The number of halogens is 3. The molecular formula is C16H25ClF2N2O2. The van der Waals surface area contributed by atoms with Gasteiger partial charge in [-0.1, -0.05) is 13.8 Å². The zero-order valence-electron chi connectivity index (χ0n) is 13.9. The van der Waals surface area contributed by atoms with Gasteiger partial charge in [-0.2, -0.15) is 8.78 Å². The molecule has 0 heterocycles. The Morgan fingerprint density at radius 2 is 1.78 bits per heavy atom.